The fraction of sp³-hybridized carbons (Fsp3) is 0.200. The van der Waals surface area contributed by atoms with Crippen molar-refractivity contribution in [2.75, 3.05) is 11.1 Å². The topological polar surface area (TPSA) is 72.2 Å². The SMILES string of the molecule is Cc1cc(C)n2c(SCC(=O)Nc3ccccc3Br)nnc2n1. The number of para-hydroxylation sites is 1. The summed E-state index contributed by atoms with van der Waals surface area (Å²) in [5, 5.41) is 11.7. The van der Waals surface area contributed by atoms with Gasteiger partial charge in [0.1, 0.15) is 0 Å². The molecule has 0 atom stereocenters. The molecule has 118 valence electrons. The van der Waals surface area contributed by atoms with Crippen LogP contribution in [0.4, 0.5) is 5.69 Å². The van der Waals surface area contributed by atoms with Crippen molar-refractivity contribution in [1.29, 1.82) is 0 Å². The Morgan fingerprint density at radius 2 is 2.09 bits per heavy atom. The number of thioether (sulfide) groups is 1. The third-order valence-electron chi connectivity index (χ3n) is 3.14. The summed E-state index contributed by atoms with van der Waals surface area (Å²) in [6.45, 7) is 3.88. The largest absolute Gasteiger partial charge is 0.324 e. The number of carbonyl (C=O) groups is 1. The van der Waals surface area contributed by atoms with E-state index < -0.39 is 0 Å². The second-order valence-electron chi connectivity index (χ2n) is 4.97. The molecule has 0 saturated heterocycles. The van der Waals surface area contributed by atoms with Crippen LogP contribution >= 0.6 is 27.7 Å². The molecule has 1 N–H and O–H groups in total. The van der Waals surface area contributed by atoms with E-state index in [0.717, 1.165) is 21.5 Å². The molecule has 6 nitrogen and oxygen atoms in total. The van der Waals surface area contributed by atoms with E-state index in [4.69, 9.17) is 0 Å². The van der Waals surface area contributed by atoms with Gasteiger partial charge in [-0.15, -0.1) is 10.2 Å². The number of hydrogen-bond acceptors (Lipinski definition) is 5. The molecule has 1 amide bonds. The van der Waals surface area contributed by atoms with Gasteiger partial charge in [-0.2, -0.15) is 0 Å². The van der Waals surface area contributed by atoms with Crippen molar-refractivity contribution in [2.45, 2.75) is 19.0 Å². The summed E-state index contributed by atoms with van der Waals surface area (Å²) >= 11 is 4.74. The Hall–Kier alpha value is -1.93. The summed E-state index contributed by atoms with van der Waals surface area (Å²) in [7, 11) is 0. The third-order valence-corrected chi connectivity index (χ3v) is 4.76. The number of anilines is 1. The number of amides is 1. The summed E-state index contributed by atoms with van der Waals surface area (Å²) in [5.74, 6) is 0.697. The molecule has 0 unspecified atom stereocenters. The van der Waals surface area contributed by atoms with Gasteiger partial charge in [0.05, 0.1) is 11.4 Å². The number of halogens is 1. The molecule has 2 heterocycles. The molecule has 2 aromatic heterocycles. The van der Waals surface area contributed by atoms with Gasteiger partial charge in [0, 0.05) is 15.9 Å². The molecular formula is C15H14BrN5OS. The first-order valence-electron chi connectivity index (χ1n) is 6.91. The number of nitrogens with one attached hydrogen (secondary N) is 1. The molecule has 0 bridgehead atoms. The van der Waals surface area contributed by atoms with E-state index in [9.17, 15) is 4.79 Å². The zero-order valence-electron chi connectivity index (χ0n) is 12.6. The van der Waals surface area contributed by atoms with Crippen LogP contribution < -0.4 is 5.32 Å². The van der Waals surface area contributed by atoms with Gasteiger partial charge in [0.2, 0.25) is 5.91 Å². The maximum absolute atomic E-state index is 12.1. The van der Waals surface area contributed by atoms with Crippen molar-refractivity contribution in [3.8, 4) is 0 Å². The minimum absolute atomic E-state index is 0.101. The van der Waals surface area contributed by atoms with E-state index in [1.54, 1.807) is 0 Å². The van der Waals surface area contributed by atoms with Crippen LogP contribution in [0.5, 0.6) is 0 Å². The summed E-state index contributed by atoms with van der Waals surface area (Å²) in [4.78, 5) is 16.4. The van der Waals surface area contributed by atoms with Crippen molar-refractivity contribution in [1.82, 2.24) is 19.6 Å². The lowest BCUT2D eigenvalue weighted by Gasteiger charge is -2.07. The molecule has 0 aliphatic carbocycles. The van der Waals surface area contributed by atoms with Gasteiger partial charge in [-0.05, 0) is 48.0 Å². The predicted octanol–water partition coefficient (Wildman–Crippen LogP) is 3.23. The van der Waals surface area contributed by atoms with Crippen molar-refractivity contribution in [3.63, 3.8) is 0 Å². The maximum Gasteiger partial charge on any atom is 0.256 e. The molecule has 0 fully saturated rings. The Bertz CT molecular complexity index is 879. The number of rotatable bonds is 4. The molecule has 0 radical (unpaired) electrons. The van der Waals surface area contributed by atoms with Crippen molar-refractivity contribution in [2.24, 2.45) is 0 Å². The summed E-state index contributed by atoms with van der Waals surface area (Å²) in [6.07, 6.45) is 0. The van der Waals surface area contributed by atoms with Gasteiger partial charge >= 0.3 is 0 Å². The Kier molecular flexibility index (Phi) is 4.63. The van der Waals surface area contributed by atoms with Crippen molar-refractivity contribution in [3.05, 3.63) is 46.2 Å². The first-order chi connectivity index (χ1) is 11.0. The molecule has 0 saturated carbocycles. The molecule has 3 aromatic rings. The van der Waals surface area contributed by atoms with E-state index in [2.05, 4.69) is 36.4 Å². The van der Waals surface area contributed by atoms with Gasteiger partial charge < -0.3 is 5.32 Å². The van der Waals surface area contributed by atoms with E-state index in [1.165, 1.54) is 11.8 Å². The molecule has 23 heavy (non-hydrogen) atoms. The highest BCUT2D eigenvalue weighted by molar-refractivity contribution is 9.10. The second-order valence-corrected chi connectivity index (χ2v) is 6.77. The molecule has 0 spiro atoms. The van der Waals surface area contributed by atoms with E-state index >= 15 is 0 Å². The number of fused-ring (bicyclic) bond motifs is 1. The van der Waals surface area contributed by atoms with Crippen molar-refractivity contribution < 1.29 is 4.79 Å². The van der Waals surface area contributed by atoms with Crippen LogP contribution in [-0.2, 0) is 4.79 Å². The molecule has 0 aliphatic heterocycles. The Morgan fingerprint density at radius 1 is 1.30 bits per heavy atom. The van der Waals surface area contributed by atoms with Gasteiger partial charge in [-0.1, -0.05) is 23.9 Å². The Balaban J connectivity index is 1.71. The average molecular weight is 392 g/mol. The lowest BCUT2D eigenvalue weighted by atomic mass is 10.3. The zero-order valence-corrected chi connectivity index (χ0v) is 15.0. The smallest absolute Gasteiger partial charge is 0.256 e. The van der Waals surface area contributed by atoms with Crippen LogP contribution in [0.3, 0.4) is 0 Å². The molecule has 3 rings (SSSR count). The Labute approximate surface area is 145 Å². The van der Waals surface area contributed by atoms with Crippen LogP contribution in [0.2, 0.25) is 0 Å². The third kappa shape index (κ3) is 3.53. The highest BCUT2D eigenvalue weighted by Gasteiger charge is 2.12. The van der Waals surface area contributed by atoms with E-state index in [0.29, 0.717) is 10.9 Å². The molecule has 0 aliphatic rings. The second kappa shape index (κ2) is 6.67. The predicted molar refractivity (Wildman–Crippen MR) is 93.8 cm³/mol. The average Bonchev–Trinajstić information content (AvgIpc) is 2.90. The van der Waals surface area contributed by atoms with Gasteiger partial charge in [-0.25, -0.2) is 4.98 Å². The number of nitrogens with zero attached hydrogens (tertiary/aromatic N) is 4. The fourth-order valence-corrected chi connectivity index (χ4v) is 3.34. The van der Waals surface area contributed by atoms with E-state index in [1.807, 2.05) is 48.6 Å². The first-order valence-corrected chi connectivity index (χ1v) is 8.69. The number of carbonyl (C=O) groups excluding carboxylic acids is 1. The fourth-order valence-electron chi connectivity index (χ4n) is 2.17. The van der Waals surface area contributed by atoms with Crippen LogP contribution in [0.15, 0.2) is 40.0 Å². The van der Waals surface area contributed by atoms with Gasteiger partial charge in [0.15, 0.2) is 5.16 Å². The van der Waals surface area contributed by atoms with Crippen LogP contribution in [0, 0.1) is 13.8 Å². The lowest BCUT2D eigenvalue weighted by molar-refractivity contribution is -0.113. The molecule has 8 heteroatoms. The molecular weight excluding hydrogens is 378 g/mol. The number of aryl methyl sites for hydroxylation is 2. The molecule has 1 aromatic carbocycles. The zero-order chi connectivity index (χ0) is 16.4. The number of benzene rings is 1. The highest BCUT2D eigenvalue weighted by atomic mass is 79.9. The standard InChI is InChI=1S/C15H14BrN5OS/c1-9-7-10(2)21-14(17-9)19-20-15(21)23-8-13(22)18-12-6-4-3-5-11(12)16/h3-7H,8H2,1-2H3,(H,18,22). The minimum Gasteiger partial charge on any atom is -0.324 e. The normalized spacial score (nSPS) is 10.9. The Morgan fingerprint density at radius 3 is 2.87 bits per heavy atom. The van der Waals surface area contributed by atoms with Crippen molar-refractivity contribution >= 4 is 45.1 Å². The highest BCUT2D eigenvalue weighted by Crippen LogP contribution is 2.22. The quantitative estimate of drug-likeness (QED) is 0.691. The van der Waals surface area contributed by atoms with Crippen LogP contribution in [0.25, 0.3) is 5.78 Å². The van der Waals surface area contributed by atoms with Crippen LogP contribution in [-0.4, -0.2) is 31.2 Å². The number of hydrogen-bond donors (Lipinski definition) is 1. The minimum atomic E-state index is -0.101. The maximum atomic E-state index is 12.1. The van der Waals surface area contributed by atoms with Gasteiger partial charge in [-0.3, -0.25) is 9.20 Å². The van der Waals surface area contributed by atoms with Crippen LogP contribution in [0.1, 0.15) is 11.4 Å². The van der Waals surface area contributed by atoms with E-state index in [-0.39, 0.29) is 11.7 Å². The monoisotopic (exact) mass is 391 g/mol. The summed E-state index contributed by atoms with van der Waals surface area (Å²) < 4.78 is 2.70. The summed E-state index contributed by atoms with van der Waals surface area (Å²) in [5.41, 5.74) is 2.63. The van der Waals surface area contributed by atoms with Gasteiger partial charge in [0.25, 0.3) is 5.78 Å². The summed E-state index contributed by atoms with van der Waals surface area (Å²) in [6, 6.07) is 9.45. The lowest BCUT2D eigenvalue weighted by Crippen LogP contribution is -2.14. The first kappa shape index (κ1) is 15.9. The number of aromatic nitrogens is 4.